The molecule has 1 saturated carbocycles. The molecule has 0 N–H and O–H groups in total. The summed E-state index contributed by atoms with van der Waals surface area (Å²) in [4.78, 5) is 21.5. The molecule has 1 fully saturated rings. The first kappa shape index (κ1) is 9.83. The van der Waals surface area contributed by atoms with Crippen LogP contribution in [0.25, 0.3) is 0 Å². The van der Waals surface area contributed by atoms with E-state index in [0.29, 0.717) is 11.5 Å². The van der Waals surface area contributed by atoms with Crippen molar-refractivity contribution < 1.29 is 9.72 Å². The molecule has 4 heteroatoms. The van der Waals surface area contributed by atoms with Gasteiger partial charge in [0.1, 0.15) is 0 Å². The Kier molecular flexibility index (Phi) is 2.26. The Bertz CT molecular complexity index is 435. The summed E-state index contributed by atoms with van der Waals surface area (Å²) in [6.07, 6.45) is 2.03. The van der Waals surface area contributed by atoms with E-state index in [1.165, 1.54) is 13.0 Å². The van der Waals surface area contributed by atoms with E-state index in [4.69, 9.17) is 0 Å². The van der Waals surface area contributed by atoms with Crippen LogP contribution in [0.1, 0.15) is 41.6 Å². The molecular formula is C11H11NO3. The molecule has 0 spiro atoms. The van der Waals surface area contributed by atoms with Gasteiger partial charge in [0.15, 0.2) is 5.78 Å². The first-order chi connectivity index (χ1) is 7.09. The number of carbonyl (C=O) groups is 1. The number of rotatable bonds is 3. The zero-order valence-corrected chi connectivity index (χ0v) is 8.40. The lowest BCUT2D eigenvalue weighted by Crippen LogP contribution is -1.98. The van der Waals surface area contributed by atoms with Gasteiger partial charge in [-0.3, -0.25) is 14.9 Å². The number of nitrogens with zero attached hydrogens (tertiary/aromatic N) is 1. The second-order valence-corrected chi connectivity index (χ2v) is 3.86. The summed E-state index contributed by atoms with van der Waals surface area (Å²) in [5, 5.41) is 10.8. The smallest absolute Gasteiger partial charge is 0.273 e. The normalized spacial score (nSPS) is 15.0. The number of carbonyl (C=O) groups excluding carboxylic acids is 1. The van der Waals surface area contributed by atoms with E-state index in [0.717, 1.165) is 18.4 Å². The Morgan fingerprint density at radius 1 is 1.47 bits per heavy atom. The van der Waals surface area contributed by atoms with Crippen LogP contribution in [0.4, 0.5) is 5.69 Å². The minimum absolute atomic E-state index is 0.0881. The van der Waals surface area contributed by atoms with Gasteiger partial charge in [-0.2, -0.15) is 0 Å². The predicted octanol–water partition coefficient (Wildman–Crippen LogP) is 2.67. The number of Topliss-reactive ketones (excluding diaryl/α,β-unsaturated/α-hetero) is 1. The maximum absolute atomic E-state index is 11.1. The summed E-state index contributed by atoms with van der Waals surface area (Å²) in [6, 6.07) is 4.77. The van der Waals surface area contributed by atoms with E-state index in [2.05, 4.69) is 0 Å². The molecule has 0 heterocycles. The molecule has 0 radical (unpaired) electrons. The number of hydrogen-bond donors (Lipinski definition) is 0. The third-order valence-corrected chi connectivity index (χ3v) is 2.65. The van der Waals surface area contributed by atoms with Gasteiger partial charge in [-0.1, -0.05) is 12.1 Å². The minimum atomic E-state index is -0.403. The maximum atomic E-state index is 11.1. The third kappa shape index (κ3) is 1.88. The Balaban J connectivity index is 2.48. The molecule has 0 bridgehead atoms. The first-order valence-electron chi connectivity index (χ1n) is 4.89. The topological polar surface area (TPSA) is 60.2 Å². The highest BCUT2D eigenvalue weighted by Gasteiger charge is 2.30. The van der Waals surface area contributed by atoms with E-state index in [-0.39, 0.29) is 11.5 Å². The van der Waals surface area contributed by atoms with E-state index in [1.54, 1.807) is 12.1 Å². The van der Waals surface area contributed by atoms with Crippen LogP contribution in [0.2, 0.25) is 0 Å². The van der Waals surface area contributed by atoms with Crippen molar-refractivity contribution in [2.75, 3.05) is 0 Å². The molecule has 4 nitrogen and oxygen atoms in total. The van der Waals surface area contributed by atoms with Gasteiger partial charge < -0.3 is 0 Å². The highest BCUT2D eigenvalue weighted by Crippen LogP contribution is 2.44. The van der Waals surface area contributed by atoms with E-state index >= 15 is 0 Å². The Labute approximate surface area is 87.1 Å². The molecule has 0 unspecified atom stereocenters. The molecule has 1 aliphatic carbocycles. The average molecular weight is 205 g/mol. The van der Waals surface area contributed by atoms with Gasteiger partial charge in [-0.05, 0) is 25.7 Å². The zero-order valence-electron chi connectivity index (χ0n) is 8.40. The van der Waals surface area contributed by atoms with Crippen molar-refractivity contribution in [1.82, 2.24) is 0 Å². The second-order valence-electron chi connectivity index (χ2n) is 3.86. The number of nitro groups is 1. The fraction of sp³-hybridized carbons (Fsp3) is 0.364. The van der Waals surface area contributed by atoms with Gasteiger partial charge in [0, 0.05) is 17.2 Å². The molecular weight excluding hydrogens is 194 g/mol. The van der Waals surface area contributed by atoms with Crippen LogP contribution in [-0.4, -0.2) is 10.7 Å². The lowest BCUT2D eigenvalue weighted by Gasteiger charge is -2.02. The van der Waals surface area contributed by atoms with Crippen LogP contribution in [0.5, 0.6) is 0 Å². The van der Waals surface area contributed by atoms with Gasteiger partial charge >= 0.3 is 0 Å². The number of benzene rings is 1. The quantitative estimate of drug-likeness (QED) is 0.433. The van der Waals surface area contributed by atoms with Crippen LogP contribution in [0, 0.1) is 10.1 Å². The van der Waals surface area contributed by atoms with Gasteiger partial charge in [0.2, 0.25) is 0 Å². The molecule has 1 aliphatic rings. The molecule has 0 saturated heterocycles. The summed E-state index contributed by atoms with van der Waals surface area (Å²) in [6.45, 7) is 1.41. The predicted molar refractivity (Wildman–Crippen MR) is 55.1 cm³/mol. The van der Waals surface area contributed by atoms with Crippen molar-refractivity contribution in [2.45, 2.75) is 25.7 Å². The summed E-state index contributed by atoms with van der Waals surface area (Å²) >= 11 is 0. The van der Waals surface area contributed by atoms with Gasteiger partial charge in [0.25, 0.3) is 5.69 Å². The Morgan fingerprint density at radius 3 is 2.60 bits per heavy atom. The van der Waals surface area contributed by atoms with Crippen molar-refractivity contribution in [1.29, 1.82) is 0 Å². The molecule has 0 amide bonds. The largest absolute Gasteiger partial charge is 0.295 e. The lowest BCUT2D eigenvalue weighted by atomic mass is 10.0. The fourth-order valence-electron chi connectivity index (χ4n) is 1.66. The molecule has 0 aromatic heterocycles. The highest BCUT2D eigenvalue weighted by atomic mass is 16.6. The molecule has 15 heavy (non-hydrogen) atoms. The van der Waals surface area contributed by atoms with Crippen LogP contribution in [0.15, 0.2) is 18.2 Å². The Hall–Kier alpha value is -1.71. The van der Waals surface area contributed by atoms with Crippen molar-refractivity contribution in [3.05, 3.63) is 39.4 Å². The number of hydrogen-bond acceptors (Lipinski definition) is 3. The van der Waals surface area contributed by atoms with Gasteiger partial charge in [-0.15, -0.1) is 0 Å². The molecule has 0 aliphatic heterocycles. The first-order valence-corrected chi connectivity index (χ1v) is 4.89. The van der Waals surface area contributed by atoms with Gasteiger partial charge in [0.05, 0.1) is 4.92 Å². The lowest BCUT2D eigenvalue weighted by molar-refractivity contribution is -0.385. The fourth-order valence-corrected chi connectivity index (χ4v) is 1.66. The molecule has 0 atom stereocenters. The van der Waals surface area contributed by atoms with Crippen LogP contribution in [0.3, 0.4) is 0 Å². The second kappa shape index (κ2) is 3.46. The van der Waals surface area contributed by atoms with Crippen molar-refractivity contribution >= 4 is 11.5 Å². The van der Waals surface area contributed by atoms with Gasteiger partial charge in [-0.25, -0.2) is 0 Å². The average Bonchev–Trinajstić information content (AvgIpc) is 2.99. The highest BCUT2D eigenvalue weighted by molar-refractivity contribution is 5.94. The van der Waals surface area contributed by atoms with Crippen molar-refractivity contribution in [3.8, 4) is 0 Å². The number of nitro benzene ring substituents is 1. The summed E-state index contributed by atoms with van der Waals surface area (Å²) in [7, 11) is 0. The van der Waals surface area contributed by atoms with E-state index in [1.807, 2.05) is 0 Å². The molecule has 1 aromatic carbocycles. The number of ketones is 1. The maximum Gasteiger partial charge on any atom is 0.273 e. The standard InChI is InChI=1S/C11H11NO3/c1-7(13)9-4-5-10(8-2-3-8)11(6-9)12(14)15/h4-6,8H,2-3H2,1H3. The van der Waals surface area contributed by atoms with Crippen molar-refractivity contribution in [3.63, 3.8) is 0 Å². The Morgan fingerprint density at radius 2 is 2.13 bits per heavy atom. The van der Waals surface area contributed by atoms with E-state index in [9.17, 15) is 14.9 Å². The molecule has 2 rings (SSSR count). The van der Waals surface area contributed by atoms with E-state index < -0.39 is 4.92 Å². The van der Waals surface area contributed by atoms with Crippen LogP contribution >= 0.6 is 0 Å². The summed E-state index contributed by atoms with van der Waals surface area (Å²) < 4.78 is 0. The van der Waals surface area contributed by atoms with Crippen LogP contribution in [-0.2, 0) is 0 Å². The summed E-state index contributed by atoms with van der Waals surface area (Å²) in [5.74, 6) is 0.187. The molecule has 1 aromatic rings. The zero-order chi connectivity index (χ0) is 11.0. The molecule has 78 valence electrons. The monoisotopic (exact) mass is 205 g/mol. The minimum Gasteiger partial charge on any atom is -0.295 e. The summed E-state index contributed by atoms with van der Waals surface area (Å²) in [5.41, 5.74) is 1.27. The van der Waals surface area contributed by atoms with Crippen molar-refractivity contribution in [2.24, 2.45) is 0 Å². The van der Waals surface area contributed by atoms with Crippen LogP contribution < -0.4 is 0 Å². The third-order valence-electron chi connectivity index (χ3n) is 2.65. The SMILES string of the molecule is CC(=O)c1ccc(C2CC2)c([N+](=O)[O-])c1.